The standard InChI is InChI=1S/C10H9N.7C9H8N2.8C2H6/c1-8-6-9-4-2-3-5-10(9)7-11-8;1-7-2-3-8-6-10-5-4-9(8)11-7;1-7-2-3-8-4-5-10-6-9(8)11-7;1-7-4-5-8-9(11-7)3-2-6-10-8;1-7-4-5-8-3-2-6-10-9(8)11-7;1-7-5-8-3-2-4-10-9(8)11-6-7;1-7-10-6-8-4-2-3-5-9(8)11-7;1-7-6-10-8-4-2-3-5-9(8)11-7;8*1-2/h2-7H,1H3;7*2-6H,1H3;8*1-2H3. The fraction of sp³-hybridized carbons (Fsp3) is 0.270. The number of benzene rings is 3. The van der Waals surface area contributed by atoms with Crippen LogP contribution in [0.15, 0.2) is 250 Å². The molecule has 15 heteroatoms. The molecule has 0 radical (unpaired) electrons. The number of hydrogen-bond donors (Lipinski definition) is 0. The lowest BCUT2D eigenvalue weighted by Crippen LogP contribution is -1.86. The van der Waals surface area contributed by atoms with Gasteiger partial charge in [-0.1, -0.05) is 171 Å². The van der Waals surface area contributed by atoms with Gasteiger partial charge in [0.15, 0.2) is 11.3 Å². The van der Waals surface area contributed by atoms with E-state index < -0.39 is 0 Å². The molecule has 13 aromatic heterocycles. The van der Waals surface area contributed by atoms with E-state index in [4.69, 9.17) is 0 Å². The monoisotopic (exact) mass is 1390 g/mol. The summed E-state index contributed by atoms with van der Waals surface area (Å²) >= 11 is 0. The summed E-state index contributed by atoms with van der Waals surface area (Å²) in [6.45, 7) is 47.8. The molecule has 16 aromatic rings. The molecule has 3 aromatic carbocycles. The second-order valence-corrected chi connectivity index (χ2v) is 20.3. The summed E-state index contributed by atoms with van der Waals surface area (Å²) in [7, 11) is 0. The largest absolute Gasteiger partial charge is 0.264 e. The van der Waals surface area contributed by atoms with E-state index in [-0.39, 0.29) is 0 Å². The zero-order valence-electron chi connectivity index (χ0n) is 66.4. The summed E-state index contributed by atoms with van der Waals surface area (Å²) < 4.78 is 0. The molecule has 0 spiro atoms. The summed E-state index contributed by atoms with van der Waals surface area (Å²) in [5.74, 6) is 0.823. The number of aryl methyl sites for hydroxylation is 8. The first-order chi connectivity index (χ1) is 50.9. The smallest absolute Gasteiger partial charge is 0.159 e. The third kappa shape index (κ3) is 32.9. The SMILES string of the molecule is CC.CC.CC.CC.CC.CC.CC.CC.Cc1cc2ccccc2cn1.Cc1ccc2cccnc2n1.Cc1ccc2ccncc2n1.Cc1ccc2cnccc2n1.Cc1ccc2ncccc2n1.Cc1cnc2ccccc2n1.Cc1cnc2ncccc2c1.Cc1ncc2ccccc2n1. The third-order valence-corrected chi connectivity index (χ3v) is 13.0. The van der Waals surface area contributed by atoms with Gasteiger partial charge in [0.05, 0.1) is 50.5 Å². The molecule has 0 bridgehead atoms. The minimum atomic E-state index is 0.818. The van der Waals surface area contributed by atoms with Crippen molar-refractivity contribution in [2.24, 2.45) is 0 Å². The minimum absolute atomic E-state index is 0.818. The van der Waals surface area contributed by atoms with Gasteiger partial charge in [-0.05, 0) is 188 Å². The van der Waals surface area contributed by atoms with E-state index in [1.807, 2.05) is 343 Å². The highest BCUT2D eigenvalue weighted by molar-refractivity contribution is 5.82. The number of fused-ring (bicyclic) bond motifs is 8. The first-order valence-corrected chi connectivity index (χ1v) is 36.5. The Hall–Kier alpha value is -11.5. The topological polar surface area (TPSA) is 193 Å². The molecule has 0 saturated carbocycles. The average Bonchev–Trinajstić information content (AvgIpc) is 0.942. The maximum atomic E-state index is 4.34. The van der Waals surface area contributed by atoms with Gasteiger partial charge >= 0.3 is 0 Å². The first-order valence-electron chi connectivity index (χ1n) is 36.5. The van der Waals surface area contributed by atoms with Gasteiger partial charge in [0, 0.05) is 123 Å². The lowest BCUT2D eigenvalue weighted by Gasteiger charge is -1.96. The molecule has 0 aliphatic heterocycles. The molecule has 0 atom stereocenters. The van der Waals surface area contributed by atoms with E-state index >= 15 is 0 Å². The first kappa shape index (κ1) is 90.6. The normalized spacial score (nSPS) is 9.15. The molecule has 0 aliphatic carbocycles. The molecule has 544 valence electrons. The van der Waals surface area contributed by atoms with E-state index in [0.717, 1.165) is 117 Å². The number of nitrogens with zero attached hydrogens (tertiary/aromatic N) is 15. The van der Waals surface area contributed by atoms with Crippen molar-refractivity contribution in [2.45, 2.75) is 166 Å². The van der Waals surface area contributed by atoms with E-state index in [1.54, 1.807) is 43.4 Å². The van der Waals surface area contributed by atoms with Crippen LogP contribution in [0.3, 0.4) is 0 Å². The predicted molar refractivity (Wildman–Crippen MR) is 447 cm³/mol. The Morgan fingerprint density at radius 1 is 0.192 bits per heavy atom. The Bertz CT molecular complexity index is 3980. The van der Waals surface area contributed by atoms with Gasteiger partial charge in [0.1, 0.15) is 5.82 Å². The van der Waals surface area contributed by atoms with Crippen LogP contribution < -0.4 is 0 Å². The zero-order valence-corrected chi connectivity index (χ0v) is 66.4. The van der Waals surface area contributed by atoms with Gasteiger partial charge in [0.2, 0.25) is 0 Å². The zero-order chi connectivity index (χ0) is 77.5. The lowest BCUT2D eigenvalue weighted by molar-refractivity contribution is 1.09. The van der Waals surface area contributed by atoms with Crippen molar-refractivity contribution in [3.8, 4) is 0 Å². The predicted octanol–water partition coefficient (Wildman–Crippen LogP) is 24.3. The summed E-state index contributed by atoms with van der Waals surface area (Å²) in [4.78, 5) is 62.9. The van der Waals surface area contributed by atoms with Crippen LogP contribution in [0.25, 0.3) is 87.6 Å². The summed E-state index contributed by atoms with van der Waals surface area (Å²) in [5, 5.41) is 8.01. The van der Waals surface area contributed by atoms with Gasteiger partial charge in [-0.25, -0.2) is 34.9 Å². The fourth-order valence-electron chi connectivity index (χ4n) is 8.63. The van der Waals surface area contributed by atoms with Crippen molar-refractivity contribution in [3.05, 3.63) is 296 Å². The Kier molecular flexibility index (Phi) is 48.1. The highest BCUT2D eigenvalue weighted by atomic mass is 14.9. The molecule has 16 rings (SSSR count). The second-order valence-electron chi connectivity index (χ2n) is 20.3. The quantitative estimate of drug-likeness (QED) is 0.139. The summed E-state index contributed by atoms with van der Waals surface area (Å²) in [6.07, 6.45) is 19.8. The van der Waals surface area contributed by atoms with Crippen molar-refractivity contribution in [3.63, 3.8) is 0 Å². The Morgan fingerprint density at radius 3 is 1.29 bits per heavy atom. The number of pyridine rings is 11. The van der Waals surface area contributed by atoms with Crippen LogP contribution in [0.4, 0.5) is 0 Å². The Balaban J connectivity index is 0.000000578. The van der Waals surface area contributed by atoms with Gasteiger partial charge in [-0.3, -0.25) is 39.9 Å². The average molecular weight is 1390 g/mol. The van der Waals surface area contributed by atoms with Gasteiger partial charge in [0.25, 0.3) is 0 Å². The van der Waals surface area contributed by atoms with Crippen LogP contribution in [0.1, 0.15) is 156 Å². The maximum Gasteiger partial charge on any atom is 0.159 e. The molecule has 0 unspecified atom stereocenters. The number of rotatable bonds is 0. The fourth-order valence-corrected chi connectivity index (χ4v) is 8.63. The van der Waals surface area contributed by atoms with E-state index in [0.29, 0.717) is 0 Å². The highest BCUT2D eigenvalue weighted by Crippen LogP contribution is 2.15. The van der Waals surface area contributed by atoms with Crippen LogP contribution >= 0.6 is 0 Å². The van der Waals surface area contributed by atoms with Crippen molar-refractivity contribution in [2.75, 3.05) is 0 Å². The van der Waals surface area contributed by atoms with Gasteiger partial charge in [-0.2, -0.15) is 0 Å². The highest BCUT2D eigenvalue weighted by Gasteiger charge is 1.99. The van der Waals surface area contributed by atoms with E-state index in [2.05, 4.69) is 105 Å². The molecule has 0 N–H and O–H groups in total. The molecular weight excluding hydrogens is 1280 g/mol. The third-order valence-electron chi connectivity index (χ3n) is 13.0. The Labute approximate surface area is 620 Å². The molecule has 104 heavy (non-hydrogen) atoms. The molecule has 0 aliphatic rings. The van der Waals surface area contributed by atoms with Crippen LogP contribution in [0.5, 0.6) is 0 Å². The van der Waals surface area contributed by atoms with Crippen LogP contribution in [-0.4, -0.2) is 74.8 Å². The van der Waals surface area contributed by atoms with Crippen molar-refractivity contribution in [1.82, 2.24) is 74.8 Å². The second kappa shape index (κ2) is 55.3. The molecule has 0 fully saturated rings. The molecule has 0 saturated heterocycles. The molecular formula is C89H113N15. The molecule has 13 heterocycles. The van der Waals surface area contributed by atoms with Crippen molar-refractivity contribution >= 4 is 87.6 Å². The Morgan fingerprint density at radius 2 is 0.625 bits per heavy atom. The molecule has 15 nitrogen and oxygen atoms in total. The van der Waals surface area contributed by atoms with Gasteiger partial charge in [-0.15, -0.1) is 0 Å². The van der Waals surface area contributed by atoms with Crippen LogP contribution in [-0.2, 0) is 0 Å². The van der Waals surface area contributed by atoms with Crippen molar-refractivity contribution < 1.29 is 0 Å². The number of para-hydroxylation sites is 3. The maximum absolute atomic E-state index is 4.34. The number of hydrogen-bond acceptors (Lipinski definition) is 15. The van der Waals surface area contributed by atoms with Gasteiger partial charge < -0.3 is 0 Å². The lowest BCUT2D eigenvalue weighted by atomic mass is 10.1. The van der Waals surface area contributed by atoms with E-state index in [1.165, 1.54) is 16.3 Å². The summed E-state index contributed by atoms with van der Waals surface area (Å²) in [5.41, 5.74) is 15.8. The minimum Gasteiger partial charge on any atom is -0.264 e. The van der Waals surface area contributed by atoms with Crippen molar-refractivity contribution in [1.29, 1.82) is 0 Å². The summed E-state index contributed by atoms with van der Waals surface area (Å²) in [6, 6.07) is 59.9. The number of aromatic nitrogens is 15. The van der Waals surface area contributed by atoms with Crippen LogP contribution in [0.2, 0.25) is 0 Å². The van der Waals surface area contributed by atoms with Crippen LogP contribution in [0, 0.1) is 55.4 Å². The molecule has 0 amide bonds. The van der Waals surface area contributed by atoms with E-state index in [9.17, 15) is 0 Å².